The van der Waals surface area contributed by atoms with Crippen molar-refractivity contribution in [1.82, 2.24) is 15.6 Å². The van der Waals surface area contributed by atoms with Crippen LogP contribution in [0.25, 0.3) is 28.1 Å². The van der Waals surface area contributed by atoms with Crippen LogP contribution in [-0.4, -0.2) is 29.4 Å². The van der Waals surface area contributed by atoms with E-state index in [2.05, 4.69) is 20.7 Å². The van der Waals surface area contributed by atoms with E-state index in [0.717, 1.165) is 21.9 Å². The Hall–Kier alpha value is -3.90. The fraction of sp³-hybridized carbons (Fsp3) is 0.0417. The highest BCUT2D eigenvalue weighted by Gasteiger charge is 2.16. The second-order valence-corrected chi connectivity index (χ2v) is 7.11. The van der Waals surface area contributed by atoms with Gasteiger partial charge in [0.2, 0.25) is 0 Å². The number of rotatable bonds is 6. The molecule has 0 saturated heterocycles. The minimum Gasteiger partial charge on any atom is -0.496 e. The van der Waals surface area contributed by atoms with Crippen molar-refractivity contribution >= 4 is 40.6 Å². The van der Waals surface area contributed by atoms with Gasteiger partial charge >= 0.3 is 0 Å². The molecular formula is C24H19ClN4O2. The highest BCUT2D eigenvalue weighted by Crippen LogP contribution is 2.36. The third-order valence-electron chi connectivity index (χ3n) is 4.65. The first-order valence-electron chi connectivity index (χ1n) is 9.53. The SMILES string of the molecule is COc1ccc2ccccc2c1-c1cc(C(=O)N/N=C/C(Cl)=C/c2ccccc2)[nH]n1. The Morgan fingerprint density at radius 3 is 2.68 bits per heavy atom. The summed E-state index contributed by atoms with van der Waals surface area (Å²) in [5, 5.41) is 13.4. The Morgan fingerprint density at radius 1 is 1.10 bits per heavy atom. The van der Waals surface area contributed by atoms with Gasteiger partial charge in [0.1, 0.15) is 11.4 Å². The zero-order chi connectivity index (χ0) is 21.6. The number of hydrazone groups is 1. The van der Waals surface area contributed by atoms with Gasteiger partial charge in [0.25, 0.3) is 5.91 Å². The van der Waals surface area contributed by atoms with Crippen molar-refractivity contribution in [2.24, 2.45) is 5.10 Å². The summed E-state index contributed by atoms with van der Waals surface area (Å²) in [5.41, 5.74) is 5.07. The van der Waals surface area contributed by atoms with E-state index < -0.39 is 5.91 Å². The van der Waals surface area contributed by atoms with Crippen LogP contribution in [0.1, 0.15) is 16.1 Å². The minimum absolute atomic E-state index is 0.269. The monoisotopic (exact) mass is 430 g/mol. The van der Waals surface area contributed by atoms with Crippen LogP contribution in [0, 0.1) is 0 Å². The topological polar surface area (TPSA) is 79.4 Å². The molecule has 3 aromatic carbocycles. The van der Waals surface area contributed by atoms with Gasteiger partial charge in [-0.15, -0.1) is 0 Å². The lowest BCUT2D eigenvalue weighted by molar-refractivity contribution is 0.0950. The summed E-state index contributed by atoms with van der Waals surface area (Å²) in [6.07, 6.45) is 3.12. The number of H-pyrrole nitrogens is 1. The van der Waals surface area contributed by atoms with Gasteiger partial charge in [0.05, 0.1) is 29.6 Å². The molecule has 2 N–H and O–H groups in total. The average molecular weight is 431 g/mol. The molecule has 4 rings (SSSR count). The highest BCUT2D eigenvalue weighted by atomic mass is 35.5. The molecule has 1 heterocycles. The van der Waals surface area contributed by atoms with E-state index in [1.165, 1.54) is 6.21 Å². The van der Waals surface area contributed by atoms with Crippen molar-refractivity contribution in [3.8, 4) is 17.0 Å². The van der Waals surface area contributed by atoms with Crippen molar-refractivity contribution in [2.75, 3.05) is 7.11 Å². The number of aromatic nitrogens is 2. The molecule has 0 aliphatic rings. The quantitative estimate of drug-likeness (QED) is 0.324. The Morgan fingerprint density at radius 2 is 1.87 bits per heavy atom. The van der Waals surface area contributed by atoms with Crippen LogP contribution >= 0.6 is 11.6 Å². The van der Waals surface area contributed by atoms with Gasteiger partial charge in [0.15, 0.2) is 0 Å². The van der Waals surface area contributed by atoms with Crippen molar-refractivity contribution < 1.29 is 9.53 Å². The Kier molecular flexibility index (Phi) is 6.10. The van der Waals surface area contributed by atoms with Gasteiger partial charge in [0, 0.05) is 0 Å². The first kappa shape index (κ1) is 20.4. The number of methoxy groups -OCH3 is 1. The molecule has 7 heteroatoms. The van der Waals surface area contributed by atoms with E-state index in [9.17, 15) is 4.79 Å². The second-order valence-electron chi connectivity index (χ2n) is 6.67. The van der Waals surface area contributed by atoms with Crippen LogP contribution in [0.5, 0.6) is 5.75 Å². The molecule has 0 fully saturated rings. The number of allylic oxidation sites excluding steroid dienone is 1. The number of aromatic amines is 1. The smallest absolute Gasteiger partial charge is 0.289 e. The maximum Gasteiger partial charge on any atom is 0.289 e. The van der Waals surface area contributed by atoms with E-state index in [4.69, 9.17) is 16.3 Å². The molecule has 6 nitrogen and oxygen atoms in total. The number of carbonyl (C=O) groups excluding carboxylic acids is 1. The number of nitrogens with zero attached hydrogens (tertiary/aromatic N) is 2. The highest BCUT2D eigenvalue weighted by molar-refractivity contribution is 6.41. The molecule has 4 aromatic rings. The molecule has 0 atom stereocenters. The lowest BCUT2D eigenvalue weighted by Gasteiger charge is -2.09. The van der Waals surface area contributed by atoms with Crippen LogP contribution in [0.4, 0.5) is 0 Å². The summed E-state index contributed by atoms with van der Waals surface area (Å²) in [4.78, 5) is 12.5. The zero-order valence-corrected chi connectivity index (χ0v) is 17.4. The molecule has 31 heavy (non-hydrogen) atoms. The minimum atomic E-state index is -0.432. The predicted octanol–water partition coefficient (Wildman–Crippen LogP) is 5.23. The summed E-state index contributed by atoms with van der Waals surface area (Å²) in [6, 6.07) is 23.0. The Balaban J connectivity index is 1.52. The lowest BCUT2D eigenvalue weighted by Crippen LogP contribution is -2.17. The number of fused-ring (bicyclic) bond motifs is 1. The van der Waals surface area contributed by atoms with Crippen LogP contribution < -0.4 is 10.2 Å². The first-order chi connectivity index (χ1) is 15.2. The Bertz CT molecular complexity index is 1280. The largest absolute Gasteiger partial charge is 0.496 e. The number of hydrogen-bond acceptors (Lipinski definition) is 4. The fourth-order valence-electron chi connectivity index (χ4n) is 3.21. The average Bonchev–Trinajstić information content (AvgIpc) is 3.29. The van der Waals surface area contributed by atoms with E-state index in [-0.39, 0.29) is 5.69 Å². The number of amides is 1. The fourth-order valence-corrected chi connectivity index (χ4v) is 3.39. The van der Waals surface area contributed by atoms with Gasteiger partial charge in [-0.2, -0.15) is 10.2 Å². The summed E-state index contributed by atoms with van der Waals surface area (Å²) >= 11 is 6.14. The van der Waals surface area contributed by atoms with Crippen LogP contribution in [0.2, 0.25) is 0 Å². The van der Waals surface area contributed by atoms with Gasteiger partial charge in [-0.25, -0.2) is 5.43 Å². The van der Waals surface area contributed by atoms with Crippen molar-refractivity contribution in [2.45, 2.75) is 0 Å². The number of nitrogens with one attached hydrogen (secondary N) is 2. The van der Waals surface area contributed by atoms with Gasteiger partial charge in [-0.05, 0) is 34.5 Å². The van der Waals surface area contributed by atoms with Gasteiger partial charge < -0.3 is 4.74 Å². The predicted molar refractivity (Wildman–Crippen MR) is 124 cm³/mol. The number of halogens is 1. The molecule has 0 aliphatic heterocycles. The number of ether oxygens (including phenoxy) is 1. The molecule has 1 amide bonds. The van der Waals surface area contributed by atoms with Crippen LogP contribution in [0.15, 0.2) is 82.9 Å². The van der Waals surface area contributed by atoms with E-state index in [1.807, 2.05) is 66.7 Å². The molecule has 1 aromatic heterocycles. The molecule has 0 spiro atoms. The maximum absolute atomic E-state index is 12.5. The lowest BCUT2D eigenvalue weighted by atomic mass is 10.0. The number of carbonyl (C=O) groups is 1. The van der Waals surface area contributed by atoms with Crippen molar-refractivity contribution in [1.29, 1.82) is 0 Å². The standard InChI is InChI=1S/C24H19ClN4O2/c1-31-22-12-11-17-9-5-6-10-19(17)23(22)20-14-21(28-27-20)24(30)29-26-15-18(25)13-16-7-3-2-4-8-16/h2-15H,1H3,(H,27,28)(H,29,30)/b18-13-,26-15+. The number of hydrogen-bond donors (Lipinski definition) is 2. The molecule has 0 aliphatic carbocycles. The van der Waals surface area contributed by atoms with E-state index in [1.54, 1.807) is 19.3 Å². The molecular weight excluding hydrogens is 412 g/mol. The maximum atomic E-state index is 12.5. The normalized spacial score (nSPS) is 11.7. The summed E-state index contributed by atoms with van der Waals surface area (Å²) in [5.74, 6) is 0.242. The van der Waals surface area contributed by atoms with Gasteiger partial charge in [-0.3, -0.25) is 9.89 Å². The molecule has 0 unspecified atom stereocenters. The van der Waals surface area contributed by atoms with Crippen LogP contribution in [-0.2, 0) is 0 Å². The van der Waals surface area contributed by atoms with E-state index in [0.29, 0.717) is 16.5 Å². The summed E-state index contributed by atoms with van der Waals surface area (Å²) < 4.78 is 5.52. The summed E-state index contributed by atoms with van der Waals surface area (Å²) in [6.45, 7) is 0. The number of benzene rings is 3. The van der Waals surface area contributed by atoms with E-state index >= 15 is 0 Å². The molecule has 0 radical (unpaired) electrons. The summed E-state index contributed by atoms with van der Waals surface area (Å²) in [7, 11) is 1.61. The third-order valence-corrected chi connectivity index (χ3v) is 4.85. The molecule has 154 valence electrons. The second kappa shape index (κ2) is 9.28. The molecule has 0 bridgehead atoms. The molecule has 0 saturated carbocycles. The Labute approximate surface area is 184 Å². The van der Waals surface area contributed by atoms with Crippen molar-refractivity contribution in [3.63, 3.8) is 0 Å². The van der Waals surface area contributed by atoms with Crippen LogP contribution in [0.3, 0.4) is 0 Å². The zero-order valence-electron chi connectivity index (χ0n) is 16.7. The van der Waals surface area contributed by atoms with Gasteiger partial charge in [-0.1, -0.05) is 72.3 Å². The van der Waals surface area contributed by atoms with Crippen molar-refractivity contribution in [3.05, 3.63) is 89.1 Å². The first-order valence-corrected chi connectivity index (χ1v) is 9.90. The third kappa shape index (κ3) is 4.65.